The molecule has 19 heavy (non-hydrogen) atoms. The van der Waals surface area contributed by atoms with E-state index in [1.54, 1.807) is 0 Å². The van der Waals surface area contributed by atoms with Crippen molar-refractivity contribution < 1.29 is 9.53 Å². The van der Waals surface area contributed by atoms with Crippen molar-refractivity contribution in [3.8, 4) is 0 Å². The number of hydrogen-bond donors (Lipinski definition) is 1. The SMILES string of the molecule is CC1CC(C)CC(NC(C)C(=O)N2CCOCC2)C1. The van der Waals surface area contributed by atoms with Crippen LogP contribution in [0.2, 0.25) is 0 Å². The highest BCUT2D eigenvalue weighted by atomic mass is 16.5. The smallest absolute Gasteiger partial charge is 0.239 e. The number of ether oxygens (including phenoxy) is 1. The van der Waals surface area contributed by atoms with Crippen LogP contribution in [0.4, 0.5) is 0 Å². The maximum atomic E-state index is 12.3. The summed E-state index contributed by atoms with van der Waals surface area (Å²) in [5, 5.41) is 3.54. The van der Waals surface area contributed by atoms with Gasteiger partial charge in [-0.05, 0) is 38.0 Å². The number of morpholine rings is 1. The number of rotatable bonds is 3. The Kier molecular flexibility index (Phi) is 5.22. The van der Waals surface area contributed by atoms with Crippen molar-refractivity contribution in [1.82, 2.24) is 10.2 Å². The van der Waals surface area contributed by atoms with Gasteiger partial charge in [0, 0.05) is 19.1 Å². The second-order valence-corrected chi connectivity index (χ2v) is 6.44. The highest BCUT2D eigenvalue weighted by Gasteiger charge is 2.28. The van der Waals surface area contributed by atoms with Gasteiger partial charge in [0.15, 0.2) is 0 Å². The summed E-state index contributed by atoms with van der Waals surface area (Å²) in [4.78, 5) is 14.3. The second kappa shape index (κ2) is 6.71. The van der Waals surface area contributed by atoms with Crippen molar-refractivity contribution in [3.63, 3.8) is 0 Å². The Hall–Kier alpha value is -0.610. The predicted molar refractivity (Wildman–Crippen MR) is 76.0 cm³/mol. The molecule has 2 fully saturated rings. The molecular formula is C15H28N2O2. The van der Waals surface area contributed by atoms with Crippen LogP contribution in [0.1, 0.15) is 40.0 Å². The summed E-state index contributed by atoms with van der Waals surface area (Å²) < 4.78 is 5.29. The normalized spacial score (nSPS) is 34.1. The molecule has 1 N–H and O–H groups in total. The van der Waals surface area contributed by atoms with Crippen molar-refractivity contribution in [3.05, 3.63) is 0 Å². The number of hydrogen-bond acceptors (Lipinski definition) is 3. The Morgan fingerprint density at radius 2 is 1.74 bits per heavy atom. The van der Waals surface area contributed by atoms with Gasteiger partial charge < -0.3 is 15.0 Å². The lowest BCUT2D eigenvalue weighted by Crippen LogP contribution is -2.52. The topological polar surface area (TPSA) is 41.6 Å². The summed E-state index contributed by atoms with van der Waals surface area (Å²) >= 11 is 0. The molecule has 110 valence electrons. The number of carbonyl (C=O) groups excluding carboxylic acids is 1. The van der Waals surface area contributed by atoms with Gasteiger partial charge in [-0.25, -0.2) is 0 Å². The van der Waals surface area contributed by atoms with Gasteiger partial charge in [-0.2, -0.15) is 0 Å². The van der Waals surface area contributed by atoms with Crippen LogP contribution in [0.15, 0.2) is 0 Å². The minimum Gasteiger partial charge on any atom is -0.378 e. The zero-order valence-corrected chi connectivity index (χ0v) is 12.5. The molecule has 4 nitrogen and oxygen atoms in total. The van der Waals surface area contributed by atoms with E-state index in [0.717, 1.165) is 24.9 Å². The van der Waals surface area contributed by atoms with E-state index in [-0.39, 0.29) is 11.9 Å². The average molecular weight is 268 g/mol. The minimum atomic E-state index is -0.0689. The van der Waals surface area contributed by atoms with Gasteiger partial charge in [-0.1, -0.05) is 13.8 Å². The second-order valence-electron chi connectivity index (χ2n) is 6.44. The zero-order chi connectivity index (χ0) is 13.8. The molecule has 2 rings (SSSR count). The predicted octanol–water partition coefficient (Wildman–Crippen LogP) is 1.65. The fourth-order valence-electron chi connectivity index (χ4n) is 3.57. The molecule has 1 saturated heterocycles. The van der Waals surface area contributed by atoms with E-state index in [0.29, 0.717) is 19.3 Å². The first kappa shape index (κ1) is 14.8. The Morgan fingerprint density at radius 3 is 2.32 bits per heavy atom. The summed E-state index contributed by atoms with van der Waals surface area (Å²) in [5.41, 5.74) is 0. The molecule has 3 atom stereocenters. The van der Waals surface area contributed by atoms with Gasteiger partial charge in [-0.15, -0.1) is 0 Å². The van der Waals surface area contributed by atoms with E-state index in [4.69, 9.17) is 4.74 Å². The van der Waals surface area contributed by atoms with Gasteiger partial charge in [-0.3, -0.25) is 4.79 Å². The van der Waals surface area contributed by atoms with Crippen LogP contribution in [-0.2, 0) is 9.53 Å². The lowest BCUT2D eigenvalue weighted by atomic mass is 9.80. The van der Waals surface area contributed by atoms with E-state index in [1.807, 2.05) is 11.8 Å². The van der Waals surface area contributed by atoms with Crippen LogP contribution >= 0.6 is 0 Å². The molecule has 0 spiro atoms. The summed E-state index contributed by atoms with van der Waals surface area (Å²) in [6.45, 7) is 9.47. The van der Waals surface area contributed by atoms with Gasteiger partial charge in [0.25, 0.3) is 0 Å². The molecule has 0 aromatic rings. The summed E-state index contributed by atoms with van der Waals surface area (Å²) in [6.07, 6.45) is 3.72. The highest BCUT2D eigenvalue weighted by molar-refractivity contribution is 5.81. The Balaban J connectivity index is 1.82. The van der Waals surface area contributed by atoms with Crippen LogP contribution < -0.4 is 5.32 Å². The zero-order valence-electron chi connectivity index (χ0n) is 12.5. The minimum absolute atomic E-state index is 0.0689. The summed E-state index contributed by atoms with van der Waals surface area (Å²) in [7, 11) is 0. The molecule has 1 saturated carbocycles. The lowest BCUT2D eigenvalue weighted by molar-refractivity contribution is -0.137. The van der Waals surface area contributed by atoms with E-state index >= 15 is 0 Å². The monoisotopic (exact) mass is 268 g/mol. The molecule has 2 aliphatic rings. The molecule has 1 aliphatic carbocycles. The molecule has 0 bridgehead atoms. The Labute approximate surface area is 116 Å². The van der Waals surface area contributed by atoms with Gasteiger partial charge in [0.05, 0.1) is 19.3 Å². The number of nitrogens with zero attached hydrogens (tertiary/aromatic N) is 1. The third-order valence-corrected chi connectivity index (χ3v) is 4.36. The van der Waals surface area contributed by atoms with Crippen molar-refractivity contribution in [2.75, 3.05) is 26.3 Å². The van der Waals surface area contributed by atoms with Crippen molar-refractivity contribution in [1.29, 1.82) is 0 Å². The summed E-state index contributed by atoms with van der Waals surface area (Å²) in [6, 6.07) is 0.430. The van der Waals surface area contributed by atoms with E-state index in [2.05, 4.69) is 19.2 Å². The van der Waals surface area contributed by atoms with Gasteiger partial charge >= 0.3 is 0 Å². The number of amides is 1. The van der Waals surface area contributed by atoms with Crippen LogP contribution in [0.3, 0.4) is 0 Å². The molecule has 3 unspecified atom stereocenters. The third kappa shape index (κ3) is 4.18. The van der Waals surface area contributed by atoms with Crippen LogP contribution in [0.5, 0.6) is 0 Å². The Bertz CT molecular complexity index is 293. The fraction of sp³-hybridized carbons (Fsp3) is 0.933. The van der Waals surface area contributed by atoms with Crippen LogP contribution in [0, 0.1) is 11.8 Å². The molecule has 4 heteroatoms. The van der Waals surface area contributed by atoms with Crippen LogP contribution in [0.25, 0.3) is 0 Å². The van der Waals surface area contributed by atoms with Crippen molar-refractivity contribution in [2.24, 2.45) is 11.8 Å². The number of nitrogens with one attached hydrogen (secondary N) is 1. The molecule has 1 amide bonds. The molecule has 1 aliphatic heterocycles. The fourth-order valence-corrected chi connectivity index (χ4v) is 3.57. The van der Waals surface area contributed by atoms with E-state index in [9.17, 15) is 4.79 Å². The molecule has 0 radical (unpaired) electrons. The highest BCUT2D eigenvalue weighted by Crippen LogP contribution is 2.28. The maximum Gasteiger partial charge on any atom is 0.239 e. The van der Waals surface area contributed by atoms with E-state index < -0.39 is 0 Å². The van der Waals surface area contributed by atoms with Gasteiger partial charge in [0.1, 0.15) is 0 Å². The van der Waals surface area contributed by atoms with E-state index in [1.165, 1.54) is 19.3 Å². The average Bonchev–Trinajstić information content (AvgIpc) is 2.37. The molecular weight excluding hydrogens is 240 g/mol. The maximum absolute atomic E-state index is 12.3. The summed E-state index contributed by atoms with van der Waals surface area (Å²) in [5.74, 6) is 1.77. The molecule has 0 aromatic carbocycles. The third-order valence-electron chi connectivity index (χ3n) is 4.36. The van der Waals surface area contributed by atoms with Crippen molar-refractivity contribution >= 4 is 5.91 Å². The lowest BCUT2D eigenvalue weighted by Gasteiger charge is -2.35. The largest absolute Gasteiger partial charge is 0.378 e. The van der Waals surface area contributed by atoms with Gasteiger partial charge in [0.2, 0.25) is 5.91 Å². The molecule has 1 heterocycles. The first-order valence-electron chi connectivity index (χ1n) is 7.69. The van der Waals surface area contributed by atoms with Crippen molar-refractivity contribution in [2.45, 2.75) is 52.1 Å². The standard InChI is InChI=1S/C15H28N2O2/c1-11-8-12(2)10-14(9-11)16-13(3)15(18)17-4-6-19-7-5-17/h11-14,16H,4-10H2,1-3H3. The first-order chi connectivity index (χ1) is 9.06. The quantitative estimate of drug-likeness (QED) is 0.846. The first-order valence-corrected chi connectivity index (χ1v) is 7.69. The van der Waals surface area contributed by atoms with Crippen LogP contribution in [-0.4, -0.2) is 49.2 Å². The molecule has 0 aromatic heterocycles. The number of carbonyl (C=O) groups is 1. The Morgan fingerprint density at radius 1 is 1.16 bits per heavy atom.